The summed E-state index contributed by atoms with van der Waals surface area (Å²) in [6.07, 6.45) is 15.3. The van der Waals surface area contributed by atoms with Crippen LogP contribution in [0.25, 0.3) is 0 Å². The standard InChI is InChI=1S/C12H17NO2.C8H16O/c14-12-7-11(15-13-12)10-5-4-8-2-1-3-9(8)6-10;1-2-9-8-6-4-3-5-7-8/h7-10H,1-6H2,(H,13,14);8H,2-7H2,1H3. The average molecular weight is 335 g/mol. The van der Waals surface area contributed by atoms with E-state index in [-0.39, 0.29) is 5.56 Å². The van der Waals surface area contributed by atoms with Crippen LogP contribution in [0.4, 0.5) is 0 Å². The van der Waals surface area contributed by atoms with Crippen LogP contribution in [0.5, 0.6) is 0 Å². The molecule has 3 saturated carbocycles. The molecule has 3 fully saturated rings. The summed E-state index contributed by atoms with van der Waals surface area (Å²) in [4.78, 5) is 11.0. The van der Waals surface area contributed by atoms with Crippen molar-refractivity contribution < 1.29 is 9.26 Å². The van der Waals surface area contributed by atoms with E-state index in [4.69, 9.17) is 9.26 Å². The molecular formula is C20H33NO3. The fraction of sp³-hybridized carbons (Fsp3) is 0.850. The third-order valence-corrected chi connectivity index (χ3v) is 6.19. The number of hydrogen-bond donors (Lipinski definition) is 1. The summed E-state index contributed by atoms with van der Waals surface area (Å²) in [5.74, 6) is 3.23. The summed E-state index contributed by atoms with van der Waals surface area (Å²) in [5, 5.41) is 2.40. The average Bonchev–Trinajstić information content (AvgIpc) is 3.24. The van der Waals surface area contributed by atoms with Crippen LogP contribution in [-0.2, 0) is 4.74 Å². The Kier molecular flexibility index (Phi) is 6.59. The Morgan fingerprint density at radius 3 is 2.54 bits per heavy atom. The Morgan fingerprint density at radius 2 is 1.83 bits per heavy atom. The summed E-state index contributed by atoms with van der Waals surface area (Å²) in [6, 6.07) is 1.62. The second-order valence-electron chi connectivity index (χ2n) is 7.79. The zero-order valence-electron chi connectivity index (χ0n) is 15.1. The molecule has 4 rings (SSSR count). The Bertz CT molecular complexity index is 526. The van der Waals surface area contributed by atoms with Crippen LogP contribution >= 0.6 is 0 Å². The molecule has 0 bridgehead atoms. The normalized spacial score (nSPS) is 30.5. The predicted molar refractivity (Wildman–Crippen MR) is 95.3 cm³/mol. The first-order valence-electron chi connectivity index (χ1n) is 10.1. The van der Waals surface area contributed by atoms with Crippen LogP contribution in [0.2, 0.25) is 0 Å². The molecule has 3 unspecified atom stereocenters. The lowest BCUT2D eigenvalue weighted by molar-refractivity contribution is 0.0368. The fourth-order valence-corrected chi connectivity index (χ4v) is 4.93. The van der Waals surface area contributed by atoms with E-state index in [1.54, 1.807) is 6.07 Å². The Hall–Kier alpha value is -1.03. The van der Waals surface area contributed by atoms with E-state index < -0.39 is 0 Å². The van der Waals surface area contributed by atoms with Crippen molar-refractivity contribution in [1.82, 2.24) is 5.16 Å². The molecule has 1 aromatic heterocycles. The van der Waals surface area contributed by atoms with Gasteiger partial charge < -0.3 is 9.26 Å². The minimum atomic E-state index is -0.0986. The highest BCUT2D eigenvalue weighted by Crippen LogP contribution is 2.47. The van der Waals surface area contributed by atoms with Crippen molar-refractivity contribution in [3.05, 3.63) is 22.2 Å². The third kappa shape index (κ3) is 4.75. The summed E-state index contributed by atoms with van der Waals surface area (Å²) in [7, 11) is 0. The van der Waals surface area contributed by atoms with Gasteiger partial charge in [0.1, 0.15) is 5.76 Å². The highest BCUT2D eigenvalue weighted by Gasteiger charge is 2.35. The molecule has 0 aliphatic heterocycles. The van der Waals surface area contributed by atoms with Gasteiger partial charge in [0.2, 0.25) is 0 Å². The smallest absolute Gasteiger partial charge is 0.280 e. The van der Waals surface area contributed by atoms with Gasteiger partial charge in [-0.15, -0.1) is 0 Å². The van der Waals surface area contributed by atoms with E-state index in [0.29, 0.717) is 12.0 Å². The van der Waals surface area contributed by atoms with Crippen molar-refractivity contribution in [2.75, 3.05) is 6.61 Å². The van der Waals surface area contributed by atoms with Gasteiger partial charge in [0.05, 0.1) is 6.10 Å². The summed E-state index contributed by atoms with van der Waals surface area (Å²) in [5.41, 5.74) is -0.0986. The minimum Gasteiger partial charge on any atom is -0.383 e. The van der Waals surface area contributed by atoms with Crippen LogP contribution < -0.4 is 5.56 Å². The summed E-state index contributed by atoms with van der Waals surface area (Å²) >= 11 is 0. The maximum atomic E-state index is 11.0. The van der Waals surface area contributed by atoms with Crippen molar-refractivity contribution >= 4 is 0 Å². The molecule has 0 aromatic carbocycles. The molecule has 0 spiro atoms. The highest BCUT2D eigenvalue weighted by molar-refractivity contribution is 5.05. The van der Waals surface area contributed by atoms with E-state index in [9.17, 15) is 4.79 Å². The van der Waals surface area contributed by atoms with Crippen molar-refractivity contribution in [2.24, 2.45) is 11.8 Å². The quantitative estimate of drug-likeness (QED) is 0.845. The second-order valence-corrected chi connectivity index (χ2v) is 7.79. The van der Waals surface area contributed by atoms with E-state index in [1.807, 2.05) is 0 Å². The first-order valence-corrected chi connectivity index (χ1v) is 10.1. The van der Waals surface area contributed by atoms with Gasteiger partial charge in [0.25, 0.3) is 5.56 Å². The number of fused-ring (bicyclic) bond motifs is 1. The number of nitrogens with one attached hydrogen (secondary N) is 1. The number of H-pyrrole nitrogens is 1. The maximum absolute atomic E-state index is 11.0. The Balaban J connectivity index is 0.000000162. The molecule has 0 amide bonds. The summed E-state index contributed by atoms with van der Waals surface area (Å²) < 4.78 is 10.7. The van der Waals surface area contributed by atoms with Crippen LogP contribution in [-0.4, -0.2) is 17.9 Å². The lowest BCUT2D eigenvalue weighted by Crippen LogP contribution is -2.19. The molecule has 4 nitrogen and oxygen atoms in total. The Morgan fingerprint density at radius 1 is 1.04 bits per heavy atom. The molecule has 24 heavy (non-hydrogen) atoms. The van der Waals surface area contributed by atoms with Gasteiger partial charge in [-0.25, -0.2) is 0 Å². The largest absolute Gasteiger partial charge is 0.383 e. The maximum Gasteiger partial charge on any atom is 0.280 e. The molecule has 0 saturated heterocycles. The molecule has 4 heteroatoms. The molecule has 136 valence electrons. The molecule has 3 aliphatic rings. The number of rotatable bonds is 3. The van der Waals surface area contributed by atoms with Crippen LogP contribution in [0.3, 0.4) is 0 Å². The zero-order chi connectivity index (χ0) is 16.8. The van der Waals surface area contributed by atoms with Crippen molar-refractivity contribution in [1.29, 1.82) is 0 Å². The molecule has 1 N–H and O–H groups in total. The number of aromatic nitrogens is 1. The van der Waals surface area contributed by atoms with Crippen LogP contribution in [0.1, 0.15) is 89.2 Å². The van der Waals surface area contributed by atoms with Gasteiger partial charge in [-0.05, 0) is 50.9 Å². The first kappa shape index (κ1) is 17.8. The SMILES string of the molecule is CCOC1CCCCC1.O=c1cc(C2CCC3CCCC3C2)o[nH]1. The van der Waals surface area contributed by atoms with Crippen LogP contribution in [0.15, 0.2) is 15.4 Å². The number of ether oxygens (including phenoxy) is 1. The second kappa shape index (κ2) is 8.89. The molecule has 1 aromatic rings. The van der Waals surface area contributed by atoms with Crippen molar-refractivity contribution in [3.8, 4) is 0 Å². The minimum absolute atomic E-state index is 0.0986. The van der Waals surface area contributed by atoms with Gasteiger partial charge >= 0.3 is 0 Å². The van der Waals surface area contributed by atoms with Gasteiger partial charge in [-0.3, -0.25) is 4.79 Å². The van der Waals surface area contributed by atoms with Gasteiger partial charge in [-0.2, -0.15) is 5.16 Å². The van der Waals surface area contributed by atoms with E-state index in [0.717, 1.165) is 24.2 Å². The van der Waals surface area contributed by atoms with E-state index >= 15 is 0 Å². The molecule has 0 radical (unpaired) electrons. The molecule has 3 atom stereocenters. The number of aromatic amines is 1. The fourth-order valence-electron chi connectivity index (χ4n) is 4.93. The monoisotopic (exact) mass is 335 g/mol. The van der Waals surface area contributed by atoms with E-state index in [1.165, 1.54) is 70.6 Å². The topological polar surface area (TPSA) is 55.2 Å². The number of hydrogen-bond acceptors (Lipinski definition) is 3. The predicted octanol–water partition coefficient (Wildman–Crippen LogP) is 5.01. The third-order valence-electron chi connectivity index (χ3n) is 6.19. The lowest BCUT2D eigenvalue weighted by Gasteiger charge is -2.30. The van der Waals surface area contributed by atoms with Crippen molar-refractivity contribution in [2.45, 2.75) is 89.6 Å². The van der Waals surface area contributed by atoms with Gasteiger partial charge in [-0.1, -0.05) is 38.5 Å². The van der Waals surface area contributed by atoms with E-state index in [2.05, 4.69) is 12.1 Å². The zero-order valence-corrected chi connectivity index (χ0v) is 15.1. The first-order chi connectivity index (χ1) is 11.8. The van der Waals surface area contributed by atoms with Gasteiger partial charge in [0, 0.05) is 18.6 Å². The van der Waals surface area contributed by atoms with Crippen LogP contribution in [0, 0.1) is 11.8 Å². The van der Waals surface area contributed by atoms with Gasteiger partial charge in [0.15, 0.2) is 0 Å². The lowest BCUT2D eigenvalue weighted by atomic mass is 9.75. The molecule has 1 heterocycles. The summed E-state index contributed by atoms with van der Waals surface area (Å²) in [6.45, 7) is 2.97. The Labute approximate surface area is 145 Å². The molecular weight excluding hydrogens is 302 g/mol. The highest BCUT2D eigenvalue weighted by atomic mass is 16.5. The van der Waals surface area contributed by atoms with Crippen molar-refractivity contribution in [3.63, 3.8) is 0 Å². The molecule has 3 aliphatic carbocycles.